The third-order valence-electron chi connectivity index (χ3n) is 5.95. The number of carboxylic acids is 2. The molecule has 0 fully saturated rings. The lowest BCUT2D eigenvalue weighted by atomic mass is 9.72. The molecule has 0 aliphatic carbocycles. The van der Waals surface area contributed by atoms with Gasteiger partial charge in [0.25, 0.3) is 0 Å². The van der Waals surface area contributed by atoms with Crippen LogP contribution in [0.2, 0.25) is 0 Å². The van der Waals surface area contributed by atoms with Crippen molar-refractivity contribution in [1.29, 1.82) is 0 Å². The molecule has 0 bridgehead atoms. The maximum absolute atomic E-state index is 12.2. The fraction of sp³-hybridized carbons (Fsp3) is 0.840. The van der Waals surface area contributed by atoms with E-state index in [-0.39, 0.29) is 18.4 Å². The van der Waals surface area contributed by atoms with Gasteiger partial charge in [-0.25, -0.2) is 0 Å². The molecule has 194 valence electrons. The number of carbonyl (C=O) groups excluding carboxylic acids is 2. The minimum atomic E-state index is -0.997. The predicted octanol–water partition coefficient (Wildman–Crippen LogP) is 5.32. The van der Waals surface area contributed by atoms with Crippen LogP contribution in [0, 0.1) is 21.7 Å². The Morgan fingerprint density at radius 1 is 0.636 bits per heavy atom. The monoisotopic (exact) mass is 474 g/mol. The number of carbonyl (C=O) groups is 4. The first kappa shape index (κ1) is 33.1. The van der Waals surface area contributed by atoms with Crippen molar-refractivity contribution in [1.82, 2.24) is 0 Å². The van der Waals surface area contributed by atoms with Gasteiger partial charge in [0.2, 0.25) is 0 Å². The maximum atomic E-state index is 12.2. The second-order valence-corrected chi connectivity index (χ2v) is 11.6. The molecule has 2 unspecified atom stereocenters. The number of methoxy groups -OCH3 is 1. The van der Waals surface area contributed by atoms with Crippen LogP contribution in [0.5, 0.6) is 0 Å². The highest BCUT2D eigenvalue weighted by Crippen LogP contribution is 2.39. The van der Waals surface area contributed by atoms with Crippen LogP contribution in [0.25, 0.3) is 0 Å². The van der Waals surface area contributed by atoms with Crippen LogP contribution in [0.15, 0.2) is 0 Å². The van der Waals surface area contributed by atoms with E-state index in [2.05, 4.69) is 0 Å². The van der Waals surface area contributed by atoms with E-state index in [1.54, 1.807) is 41.5 Å². The molecule has 0 radical (unpaired) electrons. The van der Waals surface area contributed by atoms with Crippen molar-refractivity contribution in [2.24, 2.45) is 21.7 Å². The Morgan fingerprint density at radius 2 is 1.03 bits per heavy atom. The molecule has 0 aliphatic rings. The number of carboxylic acid groups (broad SMARTS) is 2. The van der Waals surface area contributed by atoms with Gasteiger partial charge in [0.05, 0.1) is 28.8 Å². The van der Waals surface area contributed by atoms with Gasteiger partial charge in [0.1, 0.15) is 5.60 Å². The molecule has 2 atom stereocenters. The molecule has 0 heterocycles. The highest BCUT2D eigenvalue weighted by molar-refractivity contribution is 5.80. The zero-order chi connectivity index (χ0) is 27.1. The average molecular weight is 475 g/mol. The molecule has 0 aromatic carbocycles. The zero-order valence-corrected chi connectivity index (χ0v) is 22.7. The summed E-state index contributed by atoms with van der Waals surface area (Å²) < 4.78 is 10.3. The summed E-state index contributed by atoms with van der Waals surface area (Å²) in [5.41, 5.74) is -3.88. The lowest BCUT2D eigenvalue weighted by molar-refractivity contribution is -0.170. The number of aliphatic carboxylic acids is 2. The van der Waals surface area contributed by atoms with Crippen LogP contribution in [-0.4, -0.2) is 46.8 Å². The summed E-state index contributed by atoms with van der Waals surface area (Å²) in [4.78, 5) is 45.9. The van der Waals surface area contributed by atoms with E-state index in [0.29, 0.717) is 19.3 Å². The molecule has 0 spiro atoms. The van der Waals surface area contributed by atoms with Gasteiger partial charge in [-0.05, 0) is 88.0 Å². The summed E-state index contributed by atoms with van der Waals surface area (Å²) in [6.07, 6.45) is 1.59. The topological polar surface area (TPSA) is 127 Å². The van der Waals surface area contributed by atoms with Crippen molar-refractivity contribution in [2.75, 3.05) is 7.11 Å². The smallest absolute Gasteiger partial charge is 0.312 e. The first-order valence-corrected chi connectivity index (χ1v) is 11.3. The van der Waals surface area contributed by atoms with Gasteiger partial charge in [0, 0.05) is 0 Å². The summed E-state index contributed by atoms with van der Waals surface area (Å²) >= 11 is 0. The number of ether oxygens (including phenoxy) is 2. The zero-order valence-electron chi connectivity index (χ0n) is 22.7. The minimum absolute atomic E-state index is 0.140. The summed E-state index contributed by atoms with van der Waals surface area (Å²) in [6, 6.07) is 0. The normalized spacial score (nSPS) is 15.8. The van der Waals surface area contributed by atoms with E-state index in [0.717, 1.165) is 0 Å². The fourth-order valence-corrected chi connectivity index (χ4v) is 3.45. The Bertz CT molecular complexity index is 702. The van der Waals surface area contributed by atoms with E-state index < -0.39 is 39.2 Å². The summed E-state index contributed by atoms with van der Waals surface area (Å²) in [5.74, 6) is -2.47. The molecule has 0 aliphatic heterocycles. The van der Waals surface area contributed by atoms with Gasteiger partial charge in [-0.3, -0.25) is 19.2 Å². The van der Waals surface area contributed by atoms with E-state index in [1.807, 2.05) is 34.6 Å². The largest absolute Gasteiger partial charge is 0.481 e. The summed E-state index contributed by atoms with van der Waals surface area (Å²) in [7, 11) is 1.37. The van der Waals surface area contributed by atoms with Crippen LogP contribution in [-0.2, 0) is 28.7 Å². The Balaban J connectivity index is 0. The summed E-state index contributed by atoms with van der Waals surface area (Å²) in [5, 5.41) is 17.9. The SMILES string of the molecule is CCC(C)(CC(C)(C)C(=O)O)C(=O)O.CCC(C)(CC(C)(C)C(=O)OC(C)(C)C)C(=O)OC. The van der Waals surface area contributed by atoms with Crippen molar-refractivity contribution in [3.63, 3.8) is 0 Å². The highest BCUT2D eigenvalue weighted by Gasteiger charge is 2.43. The molecule has 0 aromatic heterocycles. The predicted molar refractivity (Wildman–Crippen MR) is 127 cm³/mol. The molecule has 2 N–H and O–H groups in total. The number of hydrogen-bond acceptors (Lipinski definition) is 6. The molecule has 0 saturated heterocycles. The Hall–Kier alpha value is -2.12. The van der Waals surface area contributed by atoms with Gasteiger partial charge >= 0.3 is 23.9 Å². The highest BCUT2D eigenvalue weighted by atomic mass is 16.6. The molecular formula is C25H46O8. The van der Waals surface area contributed by atoms with Crippen LogP contribution >= 0.6 is 0 Å². The van der Waals surface area contributed by atoms with Gasteiger partial charge in [-0.2, -0.15) is 0 Å². The molecule has 0 rings (SSSR count). The molecule has 8 nitrogen and oxygen atoms in total. The third-order valence-corrected chi connectivity index (χ3v) is 5.95. The molecule has 0 aromatic rings. The maximum Gasteiger partial charge on any atom is 0.312 e. The lowest BCUT2D eigenvalue weighted by Gasteiger charge is -2.35. The van der Waals surface area contributed by atoms with E-state index in [1.165, 1.54) is 7.11 Å². The van der Waals surface area contributed by atoms with E-state index in [9.17, 15) is 19.2 Å². The quantitative estimate of drug-likeness (QED) is 0.407. The molecule has 0 amide bonds. The van der Waals surface area contributed by atoms with Gasteiger partial charge in [-0.1, -0.05) is 13.8 Å². The van der Waals surface area contributed by atoms with Crippen molar-refractivity contribution < 1.29 is 38.9 Å². The first-order valence-electron chi connectivity index (χ1n) is 11.3. The van der Waals surface area contributed by atoms with E-state index >= 15 is 0 Å². The van der Waals surface area contributed by atoms with Crippen LogP contribution < -0.4 is 0 Å². The average Bonchev–Trinajstić information content (AvgIpc) is 2.65. The van der Waals surface area contributed by atoms with E-state index in [4.69, 9.17) is 19.7 Å². The van der Waals surface area contributed by atoms with Gasteiger partial charge < -0.3 is 19.7 Å². The van der Waals surface area contributed by atoms with Crippen molar-refractivity contribution >= 4 is 23.9 Å². The third kappa shape index (κ3) is 10.6. The Labute approximate surface area is 199 Å². The van der Waals surface area contributed by atoms with Crippen LogP contribution in [0.3, 0.4) is 0 Å². The van der Waals surface area contributed by atoms with Crippen LogP contribution in [0.1, 0.15) is 102 Å². The van der Waals surface area contributed by atoms with Crippen LogP contribution in [0.4, 0.5) is 0 Å². The van der Waals surface area contributed by atoms with Crippen molar-refractivity contribution in [3.05, 3.63) is 0 Å². The Morgan fingerprint density at radius 3 is 1.30 bits per heavy atom. The molecule has 8 heteroatoms. The number of esters is 2. The number of rotatable bonds is 10. The van der Waals surface area contributed by atoms with Gasteiger partial charge in [-0.15, -0.1) is 0 Å². The second kappa shape index (κ2) is 11.8. The lowest BCUT2D eigenvalue weighted by Crippen LogP contribution is -2.40. The van der Waals surface area contributed by atoms with Crippen molar-refractivity contribution in [2.45, 2.75) is 107 Å². The molecule has 33 heavy (non-hydrogen) atoms. The second-order valence-electron chi connectivity index (χ2n) is 11.6. The first-order chi connectivity index (χ1) is 14.5. The Kier molecular flexibility index (Phi) is 11.9. The summed E-state index contributed by atoms with van der Waals surface area (Å²) in [6.45, 7) is 19.3. The van der Waals surface area contributed by atoms with Gasteiger partial charge in [0.15, 0.2) is 0 Å². The molecular weight excluding hydrogens is 428 g/mol. The molecule has 0 saturated carbocycles. The standard InChI is InChI=1S/C15H28O4.C10H18O4/c1-9-15(7,12(17)18-8)10-14(5,6)11(16)19-13(2,3)4;1-5-10(4,8(13)14)6-9(2,3)7(11)12/h9-10H2,1-8H3;5-6H2,1-4H3,(H,11,12)(H,13,14). The minimum Gasteiger partial charge on any atom is -0.481 e. The van der Waals surface area contributed by atoms with Crippen molar-refractivity contribution in [3.8, 4) is 0 Å². The fourth-order valence-electron chi connectivity index (χ4n) is 3.45. The number of hydrogen-bond donors (Lipinski definition) is 2.